The summed E-state index contributed by atoms with van der Waals surface area (Å²) in [6, 6.07) is 15.1. The zero-order valence-corrected chi connectivity index (χ0v) is 18.6. The minimum absolute atomic E-state index is 0.0724. The molecule has 4 rings (SSSR count). The second-order valence-electron chi connectivity index (χ2n) is 7.55. The van der Waals surface area contributed by atoms with Gasteiger partial charge in [-0.15, -0.1) is 0 Å². The summed E-state index contributed by atoms with van der Waals surface area (Å²) in [5.41, 5.74) is 2.83. The quantitative estimate of drug-likeness (QED) is 0.705. The zero-order valence-electron chi connectivity index (χ0n) is 16.9. The van der Waals surface area contributed by atoms with Crippen LogP contribution in [-0.4, -0.2) is 48.9 Å². The number of rotatable bonds is 5. The standard InChI is InChI=1S/C22H24N2O4S2/c1-3-28-18-9-7-17(8-10-18)24-19-13-30(26,27)14-20(19)29-22(24)23-21(25)12-16-6-4-5-15(2)11-16/h4-11,19-20H,3,12-14H2,1-2H3. The van der Waals surface area contributed by atoms with E-state index in [1.54, 1.807) is 0 Å². The molecule has 2 fully saturated rings. The van der Waals surface area contributed by atoms with Gasteiger partial charge in [0.15, 0.2) is 15.0 Å². The predicted octanol–water partition coefficient (Wildman–Crippen LogP) is 3.24. The number of carbonyl (C=O) groups excluding carboxylic acids is 1. The van der Waals surface area contributed by atoms with Crippen molar-refractivity contribution in [1.29, 1.82) is 0 Å². The van der Waals surface area contributed by atoms with Gasteiger partial charge in [0.2, 0.25) is 0 Å². The number of amidine groups is 1. The Morgan fingerprint density at radius 1 is 1.20 bits per heavy atom. The number of thioether (sulfide) groups is 1. The molecule has 158 valence electrons. The summed E-state index contributed by atoms with van der Waals surface area (Å²) in [4.78, 5) is 19.0. The molecular weight excluding hydrogens is 420 g/mol. The van der Waals surface area contributed by atoms with Gasteiger partial charge in [0.25, 0.3) is 5.91 Å². The number of amides is 1. The Morgan fingerprint density at radius 2 is 1.97 bits per heavy atom. The maximum Gasteiger partial charge on any atom is 0.252 e. The lowest BCUT2D eigenvalue weighted by Gasteiger charge is -2.24. The zero-order chi connectivity index (χ0) is 21.3. The van der Waals surface area contributed by atoms with Gasteiger partial charge in [-0.1, -0.05) is 41.6 Å². The van der Waals surface area contributed by atoms with E-state index in [0.29, 0.717) is 11.8 Å². The first-order valence-electron chi connectivity index (χ1n) is 9.91. The number of fused-ring (bicyclic) bond motifs is 1. The number of hydrogen-bond acceptors (Lipinski definition) is 5. The molecular formula is C22H24N2O4S2. The number of sulfone groups is 1. The van der Waals surface area contributed by atoms with Crippen molar-refractivity contribution in [1.82, 2.24) is 0 Å². The molecule has 1 amide bonds. The Morgan fingerprint density at radius 3 is 2.67 bits per heavy atom. The van der Waals surface area contributed by atoms with Gasteiger partial charge >= 0.3 is 0 Å². The smallest absolute Gasteiger partial charge is 0.252 e. The molecule has 2 aliphatic heterocycles. The Bertz CT molecular complexity index is 1080. The van der Waals surface area contributed by atoms with E-state index in [2.05, 4.69) is 4.99 Å². The number of ether oxygens (including phenoxy) is 1. The van der Waals surface area contributed by atoms with Crippen LogP contribution in [-0.2, 0) is 21.1 Å². The highest BCUT2D eigenvalue weighted by atomic mass is 32.2. The highest BCUT2D eigenvalue weighted by Gasteiger charge is 2.49. The molecule has 6 nitrogen and oxygen atoms in total. The Kier molecular flexibility index (Phi) is 5.88. The van der Waals surface area contributed by atoms with Crippen molar-refractivity contribution in [2.45, 2.75) is 31.6 Å². The van der Waals surface area contributed by atoms with Crippen molar-refractivity contribution < 1.29 is 17.9 Å². The third-order valence-corrected chi connectivity index (χ3v) is 8.36. The number of nitrogens with zero attached hydrogens (tertiary/aromatic N) is 2. The van der Waals surface area contributed by atoms with Crippen LogP contribution in [0.3, 0.4) is 0 Å². The fraction of sp³-hybridized carbons (Fsp3) is 0.364. The minimum Gasteiger partial charge on any atom is -0.494 e. The van der Waals surface area contributed by atoms with Crippen LogP contribution in [0.15, 0.2) is 53.5 Å². The number of aryl methyl sites for hydroxylation is 1. The third kappa shape index (κ3) is 4.54. The summed E-state index contributed by atoms with van der Waals surface area (Å²) in [5, 5.41) is 0.453. The van der Waals surface area contributed by atoms with Crippen LogP contribution in [0.4, 0.5) is 5.69 Å². The molecule has 2 aliphatic rings. The van der Waals surface area contributed by atoms with Gasteiger partial charge in [-0.2, -0.15) is 4.99 Å². The minimum atomic E-state index is -3.10. The summed E-state index contributed by atoms with van der Waals surface area (Å²) in [6.45, 7) is 4.48. The first kappa shape index (κ1) is 20.9. The van der Waals surface area contributed by atoms with Gasteiger partial charge in [-0.05, 0) is 43.7 Å². The van der Waals surface area contributed by atoms with E-state index < -0.39 is 9.84 Å². The first-order chi connectivity index (χ1) is 14.3. The lowest BCUT2D eigenvalue weighted by Crippen LogP contribution is -2.37. The average Bonchev–Trinajstić information content (AvgIpc) is 3.13. The predicted molar refractivity (Wildman–Crippen MR) is 121 cm³/mol. The van der Waals surface area contributed by atoms with Gasteiger partial charge in [0.05, 0.1) is 30.6 Å². The summed E-state index contributed by atoms with van der Waals surface area (Å²) in [5.74, 6) is 0.698. The van der Waals surface area contributed by atoms with E-state index in [9.17, 15) is 13.2 Å². The van der Waals surface area contributed by atoms with Crippen LogP contribution >= 0.6 is 11.8 Å². The molecule has 30 heavy (non-hydrogen) atoms. The van der Waals surface area contributed by atoms with Crippen LogP contribution in [0.1, 0.15) is 18.1 Å². The molecule has 0 aliphatic carbocycles. The molecule has 0 N–H and O–H groups in total. The number of carbonyl (C=O) groups is 1. The van der Waals surface area contributed by atoms with E-state index >= 15 is 0 Å². The van der Waals surface area contributed by atoms with Crippen LogP contribution < -0.4 is 9.64 Å². The highest BCUT2D eigenvalue weighted by molar-refractivity contribution is 8.16. The van der Waals surface area contributed by atoms with E-state index in [0.717, 1.165) is 22.6 Å². The fourth-order valence-corrected chi connectivity index (χ4v) is 7.81. The molecule has 0 spiro atoms. The molecule has 0 bridgehead atoms. The fourth-order valence-electron chi connectivity index (χ4n) is 3.88. The lowest BCUT2D eigenvalue weighted by molar-refractivity contribution is -0.117. The van der Waals surface area contributed by atoms with Crippen molar-refractivity contribution in [3.63, 3.8) is 0 Å². The Labute approximate surface area is 181 Å². The molecule has 2 atom stereocenters. The number of anilines is 1. The second kappa shape index (κ2) is 8.43. The van der Waals surface area contributed by atoms with Crippen LogP contribution in [0.5, 0.6) is 5.75 Å². The van der Waals surface area contributed by atoms with E-state index in [-0.39, 0.29) is 35.1 Å². The summed E-state index contributed by atoms with van der Waals surface area (Å²) in [6.07, 6.45) is 0.219. The monoisotopic (exact) mass is 444 g/mol. The molecule has 0 saturated carbocycles. The maximum atomic E-state index is 12.7. The van der Waals surface area contributed by atoms with Gasteiger partial charge in [-0.3, -0.25) is 4.79 Å². The molecule has 0 radical (unpaired) electrons. The maximum absolute atomic E-state index is 12.7. The molecule has 2 heterocycles. The van der Waals surface area contributed by atoms with Crippen molar-refractivity contribution in [3.05, 3.63) is 59.7 Å². The summed E-state index contributed by atoms with van der Waals surface area (Å²) < 4.78 is 29.9. The van der Waals surface area contributed by atoms with Crippen molar-refractivity contribution in [2.75, 3.05) is 23.0 Å². The third-order valence-electron chi connectivity index (χ3n) is 5.15. The van der Waals surface area contributed by atoms with Crippen LogP contribution in [0, 0.1) is 6.92 Å². The first-order valence-corrected chi connectivity index (χ1v) is 12.6. The molecule has 2 aromatic rings. The lowest BCUT2D eigenvalue weighted by atomic mass is 10.1. The van der Waals surface area contributed by atoms with Crippen LogP contribution in [0.2, 0.25) is 0 Å². The van der Waals surface area contributed by atoms with Gasteiger partial charge in [0, 0.05) is 10.9 Å². The molecule has 2 aromatic carbocycles. The molecule has 0 aromatic heterocycles. The Hall–Kier alpha value is -2.32. The van der Waals surface area contributed by atoms with Gasteiger partial charge in [0.1, 0.15) is 5.75 Å². The molecule has 2 unspecified atom stereocenters. The summed E-state index contributed by atoms with van der Waals surface area (Å²) in [7, 11) is -3.10. The average molecular weight is 445 g/mol. The Balaban J connectivity index is 1.62. The topological polar surface area (TPSA) is 76.0 Å². The van der Waals surface area contributed by atoms with Crippen molar-refractivity contribution in [3.8, 4) is 5.75 Å². The van der Waals surface area contributed by atoms with Crippen LogP contribution in [0.25, 0.3) is 0 Å². The second-order valence-corrected chi connectivity index (χ2v) is 10.9. The van der Waals surface area contributed by atoms with E-state index in [1.807, 2.05) is 67.3 Å². The SMILES string of the molecule is CCOc1ccc(N2C(=NC(=O)Cc3cccc(C)c3)SC3CS(=O)(=O)CC32)cc1. The number of hydrogen-bond donors (Lipinski definition) is 0. The van der Waals surface area contributed by atoms with E-state index in [4.69, 9.17) is 4.74 Å². The van der Waals surface area contributed by atoms with Crippen molar-refractivity contribution >= 4 is 38.4 Å². The van der Waals surface area contributed by atoms with Gasteiger partial charge in [-0.25, -0.2) is 8.42 Å². The number of benzene rings is 2. The largest absolute Gasteiger partial charge is 0.494 e. The normalized spacial score (nSPS) is 23.5. The van der Waals surface area contributed by atoms with E-state index in [1.165, 1.54) is 11.8 Å². The van der Waals surface area contributed by atoms with Gasteiger partial charge < -0.3 is 9.64 Å². The molecule has 2 saturated heterocycles. The summed E-state index contributed by atoms with van der Waals surface area (Å²) >= 11 is 1.39. The van der Waals surface area contributed by atoms with Crippen molar-refractivity contribution in [2.24, 2.45) is 4.99 Å². The highest BCUT2D eigenvalue weighted by Crippen LogP contribution is 2.41. The molecule has 8 heteroatoms. The number of aliphatic imine (C=N–C) groups is 1.